The molecule has 1 fully saturated rings. The van der Waals surface area contributed by atoms with E-state index in [1.165, 1.54) is 0 Å². The summed E-state index contributed by atoms with van der Waals surface area (Å²) < 4.78 is 0. The molecule has 36 heavy (non-hydrogen) atoms. The molecule has 0 saturated carbocycles. The number of nitrogens with zero attached hydrogens (tertiary/aromatic N) is 2. The maximum atomic E-state index is 14.3. The maximum absolute atomic E-state index is 14.3. The van der Waals surface area contributed by atoms with Crippen molar-refractivity contribution in [2.24, 2.45) is 5.41 Å². The highest BCUT2D eigenvalue weighted by atomic mass is 35.5. The number of amides is 1. The number of carbonyl (C=O) groups excluding carboxylic acids is 1. The fourth-order valence-electron chi connectivity index (χ4n) is 5.50. The fraction of sp³-hybridized carbons (Fsp3) is 0.345. The van der Waals surface area contributed by atoms with E-state index < -0.39 is 11.4 Å². The van der Waals surface area contributed by atoms with Crippen molar-refractivity contribution < 1.29 is 14.7 Å². The van der Waals surface area contributed by atoms with Crippen LogP contribution < -0.4 is 0 Å². The quantitative estimate of drug-likeness (QED) is 0.331. The van der Waals surface area contributed by atoms with E-state index in [-0.39, 0.29) is 30.3 Å². The lowest BCUT2D eigenvalue weighted by Crippen LogP contribution is -2.53. The first-order valence-corrected chi connectivity index (χ1v) is 13.0. The summed E-state index contributed by atoms with van der Waals surface area (Å²) in [6.07, 6.45) is 3.37. The van der Waals surface area contributed by atoms with Crippen LogP contribution in [-0.4, -0.2) is 26.9 Å². The highest BCUT2D eigenvalue weighted by molar-refractivity contribution is 6.30. The lowest BCUT2D eigenvalue weighted by molar-refractivity contribution is -0.161. The van der Waals surface area contributed by atoms with Crippen LogP contribution in [0.25, 0.3) is 0 Å². The Bertz CT molecular complexity index is 1220. The molecule has 0 unspecified atom stereocenters. The highest BCUT2D eigenvalue weighted by Gasteiger charge is 2.52. The molecule has 2 aromatic carbocycles. The van der Waals surface area contributed by atoms with Crippen molar-refractivity contribution >= 4 is 35.1 Å². The predicted molar refractivity (Wildman–Crippen MR) is 142 cm³/mol. The predicted octanol–water partition coefficient (Wildman–Crippen LogP) is 7.47. The molecule has 3 aromatic rings. The third-order valence-corrected chi connectivity index (χ3v) is 7.55. The van der Waals surface area contributed by atoms with Crippen LogP contribution in [0.3, 0.4) is 0 Å². The van der Waals surface area contributed by atoms with Gasteiger partial charge in [0.05, 0.1) is 29.6 Å². The van der Waals surface area contributed by atoms with Gasteiger partial charge in [-0.3, -0.25) is 14.6 Å². The average molecular weight is 525 g/mol. The minimum Gasteiger partial charge on any atom is -0.481 e. The summed E-state index contributed by atoms with van der Waals surface area (Å²) in [6, 6.07) is 20.2. The smallest absolute Gasteiger partial charge is 0.304 e. The van der Waals surface area contributed by atoms with Crippen LogP contribution >= 0.6 is 23.2 Å². The molecule has 5 nitrogen and oxygen atoms in total. The summed E-state index contributed by atoms with van der Waals surface area (Å²) in [5.41, 5.74) is 1.60. The summed E-state index contributed by atoms with van der Waals surface area (Å²) in [5.74, 6) is -1.35. The Labute approximate surface area is 222 Å². The zero-order chi connectivity index (χ0) is 25.9. The first-order chi connectivity index (χ1) is 17.2. The lowest BCUT2D eigenvalue weighted by atomic mass is 9.67. The molecule has 1 aliphatic rings. The number of aliphatic carboxylic acids is 1. The number of pyridine rings is 1. The monoisotopic (exact) mass is 524 g/mol. The number of likely N-dealkylation sites (tertiary alicyclic amines) is 1. The van der Waals surface area contributed by atoms with Crippen molar-refractivity contribution in [1.82, 2.24) is 9.88 Å². The Kier molecular flexibility index (Phi) is 8.01. The number of aromatic nitrogens is 1. The first-order valence-electron chi connectivity index (χ1n) is 12.2. The van der Waals surface area contributed by atoms with Crippen molar-refractivity contribution in [2.45, 2.75) is 57.5 Å². The molecule has 1 aliphatic heterocycles. The van der Waals surface area contributed by atoms with Gasteiger partial charge >= 0.3 is 5.97 Å². The minimum atomic E-state index is -1.09. The minimum absolute atomic E-state index is 0.174. The second-order valence-electron chi connectivity index (χ2n) is 9.76. The number of halogens is 2. The van der Waals surface area contributed by atoms with Crippen molar-refractivity contribution in [1.29, 1.82) is 0 Å². The van der Waals surface area contributed by atoms with Gasteiger partial charge in [-0.05, 0) is 60.4 Å². The van der Waals surface area contributed by atoms with Crippen molar-refractivity contribution in [2.75, 3.05) is 0 Å². The zero-order valence-electron chi connectivity index (χ0n) is 20.4. The number of hydrogen-bond donors (Lipinski definition) is 1. The third-order valence-electron chi connectivity index (χ3n) is 7.06. The van der Waals surface area contributed by atoms with Crippen LogP contribution in [0.15, 0.2) is 72.9 Å². The summed E-state index contributed by atoms with van der Waals surface area (Å²) in [6.45, 7) is 3.85. The van der Waals surface area contributed by atoms with Crippen molar-refractivity contribution in [3.8, 4) is 0 Å². The van der Waals surface area contributed by atoms with Gasteiger partial charge in [-0.2, -0.15) is 0 Å². The molecule has 1 N–H and O–H groups in total. The number of hydrogen-bond acceptors (Lipinski definition) is 3. The van der Waals surface area contributed by atoms with Crippen LogP contribution in [0.5, 0.6) is 0 Å². The molecule has 7 heteroatoms. The number of carboxylic acid groups (broad SMARTS) is 1. The molecule has 0 spiro atoms. The van der Waals surface area contributed by atoms with Gasteiger partial charge in [-0.15, -0.1) is 0 Å². The fourth-order valence-corrected chi connectivity index (χ4v) is 5.82. The van der Waals surface area contributed by atoms with Crippen LogP contribution in [0.4, 0.5) is 0 Å². The molecule has 188 valence electrons. The maximum Gasteiger partial charge on any atom is 0.304 e. The van der Waals surface area contributed by atoms with Gasteiger partial charge in [-0.1, -0.05) is 73.8 Å². The van der Waals surface area contributed by atoms with Gasteiger partial charge < -0.3 is 10.0 Å². The van der Waals surface area contributed by atoms with E-state index in [1.54, 1.807) is 13.1 Å². The molecule has 1 saturated heterocycles. The second-order valence-corrected chi connectivity index (χ2v) is 10.6. The SMILES string of the molecule is CCC[C@@H](c1ccccn1)N1C(=O)[C@](C)(CC(=O)O)C[C@H](c2cccc(Cl)c2)[C@H]1c1ccc(Cl)cc1. The van der Waals surface area contributed by atoms with Crippen LogP contribution in [0, 0.1) is 5.41 Å². The van der Waals surface area contributed by atoms with Gasteiger partial charge in [0.15, 0.2) is 0 Å². The molecule has 1 amide bonds. The van der Waals surface area contributed by atoms with Gasteiger partial charge in [0.2, 0.25) is 5.91 Å². The molecule has 0 aliphatic carbocycles. The lowest BCUT2D eigenvalue weighted by Gasteiger charge is -2.51. The zero-order valence-corrected chi connectivity index (χ0v) is 21.9. The van der Waals surface area contributed by atoms with E-state index in [4.69, 9.17) is 23.2 Å². The van der Waals surface area contributed by atoms with Gasteiger partial charge in [0.25, 0.3) is 0 Å². The number of piperidine rings is 1. The number of carbonyl (C=O) groups is 2. The molecule has 0 bridgehead atoms. The van der Waals surface area contributed by atoms with Crippen LogP contribution in [0.1, 0.15) is 74.4 Å². The number of rotatable bonds is 8. The Morgan fingerprint density at radius 1 is 1.08 bits per heavy atom. The molecule has 4 atom stereocenters. The molecule has 0 radical (unpaired) electrons. The molecule has 2 heterocycles. The highest BCUT2D eigenvalue weighted by Crippen LogP contribution is 2.54. The molecule has 1 aromatic heterocycles. The standard InChI is InChI=1S/C29H30Cl2N2O3/c1-3-7-25(24-10-4-5-15-32-24)33-27(19-11-13-21(30)14-12-19)23(20-8-6-9-22(31)16-20)17-29(2,28(33)36)18-26(34)35/h4-6,8-16,23,25,27H,3,7,17-18H2,1-2H3,(H,34,35)/t23-,25+,27-,29+/m1/s1. The topological polar surface area (TPSA) is 70.5 Å². The van der Waals surface area contributed by atoms with E-state index in [9.17, 15) is 14.7 Å². The van der Waals surface area contributed by atoms with E-state index in [0.29, 0.717) is 22.9 Å². The van der Waals surface area contributed by atoms with Crippen molar-refractivity contribution in [3.63, 3.8) is 0 Å². The Morgan fingerprint density at radius 2 is 1.83 bits per heavy atom. The van der Waals surface area contributed by atoms with Gasteiger partial charge in [0.1, 0.15) is 0 Å². The normalized spacial score (nSPS) is 22.9. The van der Waals surface area contributed by atoms with Gasteiger partial charge in [0, 0.05) is 22.2 Å². The largest absolute Gasteiger partial charge is 0.481 e. The van der Waals surface area contributed by atoms with E-state index >= 15 is 0 Å². The average Bonchev–Trinajstić information content (AvgIpc) is 2.85. The molecule has 4 rings (SSSR count). The van der Waals surface area contributed by atoms with Crippen molar-refractivity contribution in [3.05, 3.63) is 99.8 Å². The molecular formula is C29H30Cl2N2O3. The Morgan fingerprint density at radius 3 is 2.44 bits per heavy atom. The summed E-state index contributed by atoms with van der Waals surface area (Å²) in [7, 11) is 0. The van der Waals surface area contributed by atoms with E-state index in [0.717, 1.165) is 23.2 Å². The Hall–Kier alpha value is -2.89. The Balaban J connectivity index is 1.96. The van der Waals surface area contributed by atoms with Crippen LogP contribution in [-0.2, 0) is 9.59 Å². The summed E-state index contributed by atoms with van der Waals surface area (Å²) in [5, 5.41) is 11.0. The van der Waals surface area contributed by atoms with Crippen LogP contribution in [0.2, 0.25) is 10.0 Å². The number of benzene rings is 2. The number of carboxylic acids is 1. The van der Waals surface area contributed by atoms with E-state index in [2.05, 4.69) is 11.9 Å². The summed E-state index contributed by atoms with van der Waals surface area (Å²) in [4.78, 5) is 32.8. The molecular weight excluding hydrogens is 495 g/mol. The third kappa shape index (κ3) is 5.42. The summed E-state index contributed by atoms with van der Waals surface area (Å²) >= 11 is 12.6. The second kappa shape index (κ2) is 11.0. The van der Waals surface area contributed by atoms with Gasteiger partial charge in [-0.25, -0.2) is 0 Å². The first kappa shape index (κ1) is 26.2. The van der Waals surface area contributed by atoms with E-state index in [1.807, 2.05) is 71.6 Å².